The molecule has 0 heterocycles. The van der Waals surface area contributed by atoms with Crippen molar-refractivity contribution >= 4 is 5.91 Å². The Hall–Kier alpha value is -2.06. The molecule has 0 aromatic heterocycles. The van der Waals surface area contributed by atoms with Crippen LogP contribution >= 0.6 is 0 Å². The zero-order valence-electron chi connectivity index (χ0n) is 10.3. The van der Waals surface area contributed by atoms with Gasteiger partial charge >= 0.3 is 0 Å². The first-order valence-corrected chi connectivity index (χ1v) is 5.73. The van der Waals surface area contributed by atoms with Gasteiger partial charge in [-0.1, -0.05) is 12.1 Å². The van der Waals surface area contributed by atoms with E-state index in [9.17, 15) is 4.79 Å². The van der Waals surface area contributed by atoms with Crippen molar-refractivity contribution in [3.05, 3.63) is 29.8 Å². The number of phenolic OH excluding ortho intramolecular Hbond substituents is 1. The molecule has 1 amide bonds. The Morgan fingerprint density at radius 2 is 2.11 bits per heavy atom. The van der Waals surface area contributed by atoms with Crippen molar-refractivity contribution in [2.45, 2.75) is 31.8 Å². The van der Waals surface area contributed by atoms with Crippen LogP contribution < -0.4 is 11.1 Å². The maximum absolute atomic E-state index is 11.7. The van der Waals surface area contributed by atoms with Gasteiger partial charge in [-0.3, -0.25) is 4.79 Å². The highest BCUT2D eigenvalue weighted by molar-refractivity contribution is 5.82. The first-order chi connectivity index (χ1) is 8.52. The Morgan fingerprint density at radius 1 is 1.50 bits per heavy atom. The van der Waals surface area contributed by atoms with Gasteiger partial charge in [0.2, 0.25) is 5.91 Å². The summed E-state index contributed by atoms with van der Waals surface area (Å²) in [5.41, 5.74) is 6.65. The molecule has 5 heteroatoms. The Bertz CT molecular complexity index is 437. The number of benzene rings is 1. The molecule has 1 aromatic rings. The highest BCUT2D eigenvalue weighted by atomic mass is 16.3. The number of rotatable bonds is 5. The van der Waals surface area contributed by atoms with Gasteiger partial charge in [0.1, 0.15) is 5.75 Å². The molecule has 0 bridgehead atoms. The van der Waals surface area contributed by atoms with Crippen LogP contribution in [0.5, 0.6) is 5.75 Å². The molecule has 96 valence electrons. The summed E-state index contributed by atoms with van der Waals surface area (Å²) in [6.45, 7) is 1.76. The lowest BCUT2D eigenvalue weighted by Gasteiger charge is -2.15. The van der Waals surface area contributed by atoms with E-state index in [1.807, 2.05) is 6.07 Å². The Labute approximate surface area is 106 Å². The van der Waals surface area contributed by atoms with Gasteiger partial charge in [0, 0.05) is 6.04 Å². The fraction of sp³-hybridized carbons (Fsp3) is 0.385. The third kappa shape index (κ3) is 4.44. The summed E-state index contributed by atoms with van der Waals surface area (Å²) >= 11 is 0. The highest BCUT2D eigenvalue weighted by Gasteiger charge is 2.16. The number of hydrogen-bond donors (Lipinski definition) is 3. The molecule has 0 aliphatic carbocycles. The van der Waals surface area contributed by atoms with Crippen LogP contribution in [0.3, 0.4) is 0 Å². The van der Waals surface area contributed by atoms with E-state index in [1.54, 1.807) is 31.2 Å². The monoisotopic (exact) mass is 247 g/mol. The van der Waals surface area contributed by atoms with E-state index in [0.717, 1.165) is 5.56 Å². The second-order valence-corrected chi connectivity index (χ2v) is 4.25. The smallest absolute Gasteiger partial charge is 0.237 e. The van der Waals surface area contributed by atoms with E-state index in [4.69, 9.17) is 16.1 Å². The molecule has 0 aliphatic heterocycles. The van der Waals surface area contributed by atoms with Crippen LogP contribution in [0.1, 0.15) is 18.9 Å². The van der Waals surface area contributed by atoms with Crippen molar-refractivity contribution in [1.29, 1.82) is 5.26 Å². The van der Waals surface area contributed by atoms with Gasteiger partial charge < -0.3 is 16.2 Å². The van der Waals surface area contributed by atoms with Crippen molar-refractivity contribution in [2.24, 2.45) is 5.73 Å². The molecular weight excluding hydrogens is 230 g/mol. The maximum Gasteiger partial charge on any atom is 0.237 e. The highest BCUT2D eigenvalue weighted by Crippen LogP contribution is 2.10. The molecule has 0 aliphatic rings. The topological polar surface area (TPSA) is 99.1 Å². The molecule has 1 rings (SSSR count). The predicted molar refractivity (Wildman–Crippen MR) is 67.6 cm³/mol. The molecule has 0 spiro atoms. The zero-order valence-corrected chi connectivity index (χ0v) is 10.3. The minimum absolute atomic E-state index is 0.180. The zero-order chi connectivity index (χ0) is 13.5. The summed E-state index contributed by atoms with van der Waals surface area (Å²) in [5.74, 6) is -0.0924. The van der Waals surface area contributed by atoms with Gasteiger partial charge in [0.05, 0.1) is 18.5 Å². The summed E-state index contributed by atoms with van der Waals surface area (Å²) in [6.07, 6.45) is 0.656. The second-order valence-electron chi connectivity index (χ2n) is 4.25. The molecule has 18 heavy (non-hydrogen) atoms. The quantitative estimate of drug-likeness (QED) is 0.712. The molecule has 0 saturated heterocycles. The second kappa shape index (κ2) is 6.62. The van der Waals surface area contributed by atoms with Crippen molar-refractivity contribution in [3.63, 3.8) is 0 Å². The summed E-state index contributed by atoms with van der Waals surface area (Å²) in [4.78, 5) is 11.7. The molecule has 5 nitrogen and oxygen atoms in total. The lowest BCUT2D eigenvalue weighted by Crippen LogP contribution is -2.45. The third-order valence-corrected chi connectivity index (χ3v) is 2.51. The minimum atomic E-state index is -0.657. The molecule has 0 radical (unpaired) electrons. The van der Waals surface area contributed by atoms with Gasteiger partial charge in [-0.25, -0.2) is 0 Å². The number of nitriles is 1. The summed E-state index contributed by atoms with van der Waals surface area (Å²) in [5, 5.41) is 20.3. The van der Waals surface area contributed by atoms with Crippen molar-refractivity contribution < 1.29 is 9.90 Å². The Kier molecular flexibility index (Phi) is 5.15. The Balaban J connectivity index is 2.50. The van der Waals surface area contributed by atoms with E-state index in [2.05, 4.69) is 5.32 Å². The largest absolute Gasteiger partial charge is 0.508 e. The minimum Gasteiger partial charge on any atom is -0.508 e. The normalized spacial score (nSPS) is 13.4. The van der Waals surface area contributed by atoms with E-state index < -0.39 is 6.04 Å². The van der Waals surface area contributed by atoms with Crippen LogP contribution in [-0.2, 0) is 11.2 Å². The number of nitrogens with two attached hydrogens (primary N) is 1. The number of phenols is 1. The molecule has 4 N–H and O–H groups in total. The lowest BCUT2D eigenvalue weighted by molar-refractivity contribution is -0.122. The van der Waals surface area contributed by atoms with Gasteiger partial charge in [-0.15, -0.1) is 0 Å². The number of carbonyl (C=O) groups is 1. The van der Waals surface area contributed by atoms with Crippen molar-refractivity contribution in [3.8, 4) is 11.8 Å². The van der Waals surface area contributed by atoms with Crippen LogP contribution in [0.25, 0.3) is 0 Å². The van der Waals surface area contributed by atoms with E-state index in [0.29, 0.717) is 6.42 Å². The summed E-state index contributed by atoms with van der Waals surface area (Å²) < 4.78 is 0. The molecule has 0 saturated carbocycles. The van der Waals surface area contributed by atoms with E-state index >= 15 is 0 Å². The number of nitrogens with one attached hydrogen (secondary N) is 1. The average molecular weight is 247 g/mol. The number of hydrogen-bond acceptors (Lipinski definition) is 4. The molecular formula is C13H17N3O2. The molecule has 2 unspecified atom stereocenters. The van der Waals surface area contributed by atoms with Crippen molar-refractivity contribution in [1.82, 2.24) is 5.32 Å². The van der Waals surface area contributed by atoms with Gasteiger partial charge in [0.15, 0.2) is 0 Å². The van der Waals surface area contributed by atoms with Crippen LogP contribution in [0.4, 0.5) is 0 Å². The average Bonchev–Trinajstić information content (AvgIpc) is 2.32. The van der Waals surface area contributed by atoms with Crippen LogP contribution in [0, 0.1) is 11.3 Å². The number of amides is 1. The van der Waals surface area contributed by atoms with Crippen LogP contribution in [-0.4, -0.2) is 23.1 Å². The maximum atomic E-state index is 11.7. The fourth-order valence-corrected chi connectivity index (χ4v) is 1.52. The number of aromatic hydroxyl groups is 1. The third-order valence-electron chi connectivity index (χ3n) is 2.51. The molecule has 2 atom stereocenters. The number of nitrogens with zero attached hydrogens (tertiary/aromatic N) is 1. The van der Waals surface area contributed by atoms with E-state index in [-0.39, 0.29) is 24.1 Å². The molecule has 1 aromatic carbocycles. The lowest BCUT2D eigenvalue weighted by atomic mass is 10.1. The molecule has 0 fully saturated rings. The van der Waals surface area contributed by atoms with Gasteiger partial charge in [0.25, 0.3) is 0 Å². The number of carbonyl (C=O) groups excluding carboxylic acids is 1. The van der Waals surface area contributed by atoms with E-state index in [1.165, 1.54) is 0 Å². The van der Waals surface area contributed by atoms with Gasteiger partial charge in [-0.2, -0.15) is 5.26 Å². The summed E-state index contributed by atoms with van der Waals surface area (Å²) in [6, 6.07) is 7.68. The first-order valence-electron chi connectivity index (χ1n) is 5.73. The van der Waals surface area contributed by atoms with Crippen LogP contribution in [0.15, 0.2) is 24.3 Å². The SMILES string of the molecule is CC(CC#N)NC(=O)C(N)Cc1ccc(O)cc1. The Morgan fingerprint density at radius 3 is 2.67 bits per heavy atom. The first kappa shape index (κ1) is 14.0. The fourth-order valence-electron chi connectivity index (χ4n) is 1.52. The van der Waals surface area contributed by atoms with Gasteiger partial charge in [-0.05, 0) is 31.0 Å². The van der Waals surface area contributed by atoms with Crippen LogP contribution in [0.2, 0.25) is 0 Å². The predicted octanol–water partition coefficient (Wildman–Crippen LogP) is 0.680. The van der Waals surface area contributed by atoms with Crippen molar-refractivity contribution in [2.75, 3.05) is 0 Å². The standard InChI is InChI=1S/C13H17N3O2/c1-9(6-7-14)16-13(18)12(15)8-10-2-4-11(17)5-3-10/h2-5,9,12,17H,6,8,15H2,1H3,(H,16,18). The summed E-state index contributed by atoms with van der Waals surface area (Å²) in [7, 11) is 0.